The molecular weight excluding hydrogens is 1420 g/mol. The molecule has 0 aromatic rings. The predicted octanol–water partition coefficient (Wildman–Crippen LogP) is 30.2. The molecule has 0 fully saturated rings. The summed E-state index contributed by atoms with van der Waals surface area (Å²) in [5, 5.41) is 0. The van der Waals surface area contributed by atoms with E-state index in [0.717, 1.165) is 116 Å². The molecule has 6 amide bonds. The third-order valence-corrected chi connectivity index (χ3v) is 22.1. The smallest absolute Gasteiger partial charge is 0.248 e. The lowest BCUT2D eigenvalue weighted by molar-refractivity contribution is -0.127. The number of unbranched alkanes of at least 4 members (excludes halogenated alkanes) is 51. The third-order valence-electron chi connectivity index (χ3n) is 22.1. The van der Waals surface area contributed by atoms with E-state index in [1.54, 1.807) is 13.8 Å². The molecule has 12 nitrogen and oxygen atoms in total. The van der Waals surface area contributed by atoms with Crippen molar-refractivity contribution in [3.63, 3.8) is 0 Å². The van der Waals surface area contributed by atoms with Gasteiger partial charge in [-0.2, -0.15) is 0 Å². The highest BCUT2D eigenvalue weighted by Gasteiger charge is 2.14. The summed E-state index contributed by atoms with van der Waals surface area (Å²) < 4.78 is 0. The van der Waals surface area contributed by atoms with Gasteiger partial charge in [0.2, 0.25) is 35.4 Å². The van der Waals surface area contributed by atoms with Crippen LogP contribution in [0.4, 0.5) is 0 Å². The highest BCUT2D eigenvalue weighted by atomic mass is 16.2. The van der Waals surface area contributed by atoms with Crippen molar-refractivity contribution in [1.82, 2.24) is 24.5 Å². The number of hydrogen-bond acceptors (Lipinski definition) is 6. The van der Waals surface area contributed by atoms with Gasteiger partial charge in [0.15, 0.2) is 0 Å². The standard InChI is InChI=1S/C36H71NO.C17H33NO.C14H27NO.C13H25NO.C12H23NO.C11H21NO/c1-4-6-8-10-12-14-16-18-20-22-24-26-28-30-32-35(34(3)36(37)38)33-31-29-27-25-23-21-19-17-15-13-11-9-7-5-2;1-4-7-8-9-10-11-12-13-14-15-16-18(6-3)17(19)5-2;1-5-7-8-9-10-11-12-15(6-2)14(16)13(3)4;1-4-7-8-9-10-11-12-14(6-3)13(15)5-2;1-5-7-8-9-10-13(6-2)12(14)11(3)4;1-4-7-8-9-10-12(6-3)11(13)5-2/h4-33H2,1-3H3,(H2,37,38);5H,2,4,6-16H2,1,3H3;3,5-12H2,1-2,4H3;5H,2,4,6-12H2,1,3H3;3,5-10H2,1-2,4H3;5H,2,4,6-10H2,1,3H3. The Labute approximate surface area is 718 Å². The van der Waals surface area contributed by atoms with Crippen LogP contribution in [0.15, 0.2) is 73.4 Å². The van der Waals surface area contributed by atoms with Gasteiger partial charge in [0.1, 0.15) is 0 Å². The van der Waals surface area contributed by atoms with Crippen LogP contribution in [0.3, 0.4) is 0 Å². The number of rotatable bonds is 76. The molecule has 0 aromatic carbocycles. The molecule has 0 bridgehead atoms. The first-order valence-corrected chi connectivity index (χ1v) is 49.3. The molecule has 0 saturated carbocycles. The monoisotopic (exact) mass is 1620 g/mol. The third kappa shape index (κ3) is 88.4. The molecule has 678 valence electrons. The van der Waals surface area contributed by atoms with Gasteiger partial charge in [0.05, 0.1) is 0 Å². The minimum Gasteiger partial charge on any atom is -0.366 e. The van der Waals surface area contributed by atoms with E-state index in [-0.39, 0.29) is 35.4 Å². The molecule has 0 aliphatic carbocycles. The highest BCUT2D eigenvalue weighted by molar-refractivity contribution is 5.93. The average molecular weight is 1620 g/mol. The van der Waals surface area contributed by atoms with E-state index in [4.69, 9.17) is 5.73 Å². The Morgan fingerprint density at radius 3 is 0.530 bits per heavy atom. The Bertz CT molecular complexity index is 2210. The fraction of sp³-hybridized carbons (Fsp3) is 0.825. The summed E-state index contributed by atoms with van der Waals surface area (Å²) in [7, 11) is 0. The van der Waals surface area contributed by atoms with Crippen molar-refractivity contribution < 1.29 is 28.8 Å². The van der Waals surface area contributed by atoms with Crippen LogP contribution in [0, 0.1) is 0 Å². The first-order valence-electron chi connectivity index (χ1n) is 49.3. The molecule has 0 saturated heterocycles. The minimum absolute atomic E-state index is 0.0546. The molecule has 115 heavy (non-hydrogen) atoms. The van der Waals surface area contributed by atoms with Gasteiger partial charge in [0.25, 0.3) is 0 Å². The fourth-order valence-corrected chi connectivity index (χ4v) is 14.2. The number of hydrogen-bond donors (Lipinski definition) is 1. The van der Waals surface area contributed by atoms with Crippen LogP contribution >= 0.6 is 0 Å². The van der Waals surface area contributed by atoms with E-state index in [9.17, 15) is 28.8 Å². The van der Waals surface area contributed by atoms with E-state index in [0.29, 0.717) is 11.1 Å². The van der Waals surface area contributed by atoms with Gasteiger partial charge < -0.3 is 30.2 Å². The molecule has 2 N–H and O–H groups in total. The van der Waals surface area contributed by atoms with E-state index < -0.39 is 0 Å². The van der Waals surface area contributed by atoms with Crippen molar-refractivity contribution in [2.45, 2.75) is 489 Å². The minimum atomic E-state index is -0.212. The summed E-state index contributed by atoms with van der Waals surface area (Å²) in [4.78, 5) is 78.3. The summed E-state index contributed by atoms with van der Waals surface area (Å²) in [5.74, 6) is 0.180. The van der Waals surface area contributed by atoms with Crippen LogP contribution in [-0.2, 0) is 28.8 Å². The molecule has 0 unspecified atom stereocenters. The lowest BCUT2D eigenvalue weighted by Crippen LogP contribution is -2.32. The van der Waals surface area contributed by atoms with Gasteiger partial charge >= 0.3 is 0 Å². The Morgan fingerprint density at radius 2 is 0.383 bits per heavy atom. The van der Waals surface area contributed by atoms with Crippen molar-refractivity contribution in [3.05, 3.63) is 73.4 Å². The van der Waals surface area contributed by atoms with Crippen molar-refractivity contribution in [1.29, 1.82) is 0 Å². The van der Waals surface area contributed by atoms with E-state index in [2.05, 4.69) is 81.4 Å². The fourth-order valence-electron chi connectivity index (χ4n) is 14.2. The lowest BCUT2D eigenvalue weighted by atomic mass is 9.95. The second kappa shape index (κ2) is 99.8. The maximum Gasteiger partial charge on any atom is 0.248 e. The van der Waals surface area contributed by atoms with Crippen LogP contribution in [0.1, 0.15) is 489 Å². The summed E-state index contributed by atoms with van der Waals surface area (Å²) in [6.45, 7) is 57.5. The van der Waals surface area contributed by atoms with E-state index in [1.165, 1.54) is 364 Å². The molecule has 0 aromatic heterocycles. The number of primary amides is 1. The molecular formula is C103H200N6O6. The molecule has 0 aliphatic rings. The average Bonchev–Trinajstić information content (AvgIpc) is 0.937. The first kappa shape index (κ1) is 121. The number of likely N-dealkylation sites (N-methyl/N-ethyl adjacent to an activating group) is 5. The van der Waals surface area contributed by atoms with Crippen molar-refractivity contribution in [2.75, 3.05) is 65.4 Å². The van der Waals surface area contributed by atoms with Crippen LogP contribution < -0.4 is 5.73 Å². The summed E-state index contributed by atoms with van der Waals surface area (Å²) in [6.07, 6.45) is 83.5. The van der Waals surface area contributed by atoms with Gasteiger partial charge in [0, 0.05) is 82.2 Å². The van der Waals surface area contributed by atoms with Crippen LogP contribution in [0.25, 0.3) is 0 Å². The van der Waals surface area contributed by atoms with Gasteiger partial charge in [-0.05, 0) is 131 Å². The van der Waals surface area contributed by atoms with Crippen molar-refractivity contribution in [3.8, 4) is 0 Å². The Kier molecular flexibility index (Phi) is 105. The zero-order valence-corrected chi connectivity index (χ0v) is 80.0. The summed E-state index contributed by atoms with van der Waals surface area (Å²) in [5.41, 5.74) is 9.11. The molecule has 0 atom stereocenters. The van der Waals surface area contributed by atoms with Crippen LogP contribution in [0.2, 0.25) is 0 Å². The second-order valence-electron chi connectivity index (χ2n) is 32.8. The van der Waals surface area contributed by atoms with Gasteiger partial charge in [-0.1, -0.05) is 414 Å². The number of carbonyl (C=O) groups is 6. The number of amides is 6. The molecule has 0 heterocycles. The topological polar surface area (TPSA) is 145 Å². The lowest BCUT2D eigenvalue weighted by Gasteiger charge is -2.20. The Morgan fingerprint density at radius 1 is 0.235 bits per heavy atom. The number of nitrogens with zero attached hydrogens (tertiary/aromatic N) is 5. The Balaban J connectivity index is -0.000000329. The second-order valence-corrected chi connectivity index (χ2v) is 32.8. The first-order chi connectivity index (χ1) is 55.7. The highest BCUT2D eigenvalue weighted by Crippen LogP contribution is 2.23. The van der Waals surface area contributed by atoms with Gasteiger partial charge in [-0.25, -0.2) is 0 Å². The molecule has 0 spiro atoms. The van der Waals surface area contributed by atoms with Crippen molar-refractivity contribution in [2.24, 2.45) is 5.73 Å². The summed E-state index contributed by atoms with van der Waals surface area (Å²) >= 11 is 0. The van der Waals surface area contributed by atoms with Crippen LogP contribution in [0.5, 0.6) is 0 Å². The summed E-state index contributed by atoms with van der Waals surface area (Å²) in [6, 6.07) is 0. The molecule has 0 aliphatic heterocycles. The number of carbonyl (C=O) groups excluding carboxylic acids is 6. The zero-order valence-electron chi connectivity index (χ0n) is 80.0. The number of nitrogens with two attached hydrogens (primary N) is 1. The molecule has 12 heteroatoms. The van der Waals surface area contributed by atoms with Gasteiger partial charge in [-0.3, -0.25) is 28.8 Å². The normalized spacial score (nSPS) is 10.5. The molecule has 0 rings (SSSR count). The SMILES string of the molecule is C=C(C)C(=O)N(CC)CCCCCC.C=C(C)C(=O)N(CC)CCCCCCCC.C=CC(=O)N(CC)CCCCCC.C=CC(=O)N(CC)CCCCCCCC.C=CC(=O)N(CC)CCCCCCCCCCCC.CCCCCCCCCCCCCCCCC(CCCCCCCCCCCCCCCC)=C(C)C(N)=O. The van der Waals surface area contributed by atoms with E-state index in [1.807, 2.05) is 66.0 Å². The van der Waals surface area contributed by atoms with Crippen LogP contribution in [-0.4, -0.2) is 125 Å². The van der Waals surface area contributed by atoms with E-state index >= 15 is 0 Å². The van der Waals surface area contributed by atoms with Gasteiger partial charge in [-0.15, -0.1) is 0 Å². The zero-order chi connectivity index (χ0) is 87.3. The quantitative estimate of drug-likeness (QED) is 0.0474. The Hall–Kier alpha value is -4.74. The predicted molar refractivity (Wildman–Crippen MR) is 510 cm³/mol. The maximum atomic E-state index is 11.8. The number of allylic oxidation sites excluding steroid dienone is 1. The molecule has 0 radical (unpaired) electrons. The largest absolute Gasteiger partial charge is 0.366 e. The van der Waals surface area contributed by atoms with Crippen molar-refractivity contribution >= 4 is 35.4 Å². The maximum absolute atomic E-state index is 11.8.